The Morgan fingerprint density at radius 3 is 2.82 bits per heavy atom. The van der Waals surface area contributed by atoms with Gasteiger partial charge in [-0.3, -0.25) is 0 Å². The van der Waals surface area contributed by atoms with Crippen molar-refractivity contribution < 1.29 is 10.3 Å². The lowest BCUT2D eigenvalue weighted by molar-refractivity contribution is 0.0772. The Bertz CT molecular complexity index is 469. The summed E-state index contributed by atoms with van der Waals surface area (Å²) < 4.78 is 0. The van der Waals surface area contributed by atoms with Crippen molar-refractivity contribution in [2.24, 2.45) is 5.16 Å². The summed E-state index contributed by atoms with van der Waals surface area (Å²) in [6.45, 7) is 0. The van der Waals surface area contributed by atoms with E-state index in [-0.39, 0.29) is 5.92 Å². The van der Waals surface area contributed by atoms with E-state index in [0.29, 0.717) is 12.1 Å². The Balaban J connectivity index is 2.18. The molecule has 0 saturated heterocycles. The molecule has 3 heteroatoms. The molecule has 17 heavy (non-hydrogen) atoms. The summed E-state index contributed by atoms with van der Waals surface area (Å²) in [6.07, 6.45) is 4.97. The number of rotatable bonds is 0. The Kier molecular flexibility index (Phi) is 2.44. The minimum Gasteiger partial charge on any atom is -0.411 e. The number of nitrogens with zero attached hydrogens (tertiary/aromatic N) is 1. The van der Waals surface area contributed by atoms with Gasteiger partial charge in [0.15, 0.2) is 0 Å². The second-order valence-corrected chi connectivity index (χ2v) is 5.11. The second kappa shape index (κ2) is 3.84. The van der Waals surface area contributed by atoms with Crippen LogP contribution < -0.4 is 0 Å². The van der Waals surface area contributed by atoms with Gasteiger partial charge in [-0.25, -0.2) is 0 Å². The molecular formula is C14H17NO2. The maximum atomic E-state index is 10.9. The zero-order chi connectivity index (χ0) is 11.9. The Labute approximate surface area is 101 Å². The van der Waals surface area contributed by atoms with E-state index >= 15 is 0 Å². The van der Waals surface area contributed by atoms with Gasteiger partial charge in [0, 0.05) is 11.5 Å². The molecule has 0 bridgehead atoms. The standard InChI is InChI=1S/C14H17NO2/c16-14-9-5-1-2-8-12(14)10-6-3-4-7-11(10)13(14)15-17/h3-4,6-7,12,16-17H,1-2,5,8-9H2/b15-13-/t12-,14+/m1/s1. The summed E-state index contributed by atoms with van der Waals surface area (Å²) in [4.78, 5) is 0. The average Bonchev–Trinajstić information content (AvgIpc) is 2.47. The first kappa shape index (κ1) is 10.8. The molecule has 0 unspecified atom stereocenters. The fraction of sp³-hybridized carbons (Fsp3) is 0.500. The molecule has 0 aromatic heterocycles. The van der Waals surface area contributed by atoms with E-state index in [1.165, 1.54) is 0 Å². The van der Waals surface area contributed by atoms with Crippen LogP contribution in [0, 0.1) is 0 Å². The molecule has 0 amide bonds. The predicted octanol–water partition coefficient (Wildman–Crippen LogP) is 2.66. The normalized spacial score (nSPS) is 34.2. The summed E-state index contributed by atoms with van der Waals surface area (Å²) >= 11 is 0. The smallest absolute Gasteiger partial charge is 0.119 e. The van der Waals surface area contributed by atoms with Crippen molar-refractivity contribution in [3.63, 3.8) is 0 Å². The average molecular weight is 231 g/mol. The van der Waals surface area contributed by atoms with Crippen LogP contribution in [-0.4, -0.2) is 21.6 Å². The first-order chi connectivity index (χ1) is 8.27. The van der Waals surface area contributed by atoms with Crippen LogP contribution >= 0.6 is 0 Å². The molecule has 1 saturated carbocycles. The van der Waals surface area contributed by atoms with Gasteiger partial charge in [0.1, 0.15) is 11.3 Å². The van der Waals surface area contributed by atoms with E-state index < -0.39 is 5.60 Å². The quantitative estimate of drug-likeness (QED) is 0.532. The van der Waals surface area contributed by atoms with Gasteiger partial charge >= 0.3 is 0 Å². The van der Waals surface area contributed by atoms with E-state index in [2.05, 4.69) is 11.2 Å². The maximum absolute atomic E-state index is 10.9. The molecule has 1 aromatic carbocycles. The van der Waals surface area contributed by atoms with Gasteiger partial charge in [0.2, 0.25) is 0 Å². The summed E-state index contributed by atoms with van der Waals surface area (Å²) in [6, 6.07) is 7.91. The lowest BCUT2D eigenvalue weighted by Gasteiger charge is -2.28. The molecular weight excluding hydrogens is 214 g/mol. The molecule has 1 aromatic rings. The zero-order valence-corrected chi connectivity index (χ0v) is 9.76. The van der Waals surface area contributed by atoms with Crippen LogP contribution in [0.2, 0.25) is 0 Å². The second-order valence-electron chi connectivity index (χ2n) is 5.11. The maximum Gasteiger partial charge on any atom is 0.119 e. The third-order valence-corrected chi connectivity index (χ3v) is 4.23. The molecule has 3 rings (SSSR count). The Morgan fingerprint density at radius 2 is 2.00 bits per heavy atom. The van der Waals surface area contributed by atoms with Crippen molar-refractivity contribution in [2.45, 2.75) is 43.6 Å². The first-order valence-electron chi connectivity index (χ1n) is 6.31. The third-order valence-electron chi connectivity index (χ3n) is 4.23. The van der Waals surface area contributed by atoms with Crippen LogP contribution in [0.4, 0.5) is 0 Å². The van der Waals surface area contributed by atoms with Crippen molar-refractivity contribution >= 4 is 5.71 Å². The minimum absolute atomic E-state index is 0.104. The van der Waals surface area contributed by atoms with Crippen molar-refractivity contribution in [2.75, 3.05) is 0 Å². The van der Waals surface area contributed by atoms with E-state index in [4.69, 9.17) is 0 Å². The SMILES string of the molecule is O/N=C1/c2ccccc2[C@H]2CCCCC[C@@]12O. The highest BCUT2D eigenvalue weighted by Gasteiger charge is 2.50. The molecule has 2 aliphatic rings. The third kappa shape index (κ3) is 1.42. The molecule has 0 spiro atoms. The van der Waals surface area contributed by atoms with Crippen LogP contribution in [0.5, 0.6) is 0 Å². The van der Waals surface area contributed by atoms with Crippen LogP contribution in [-0.2, 0) is 0 Å². The summed E-state index contributed by atoms with van der Waals surface area (Å²) in [5.74, 6) is 0.104. The summed E-state index contributed by atoms with van der Waals surface area (Å²) in [5.41, 5.74) is 1.59. The van der Waals surface area contributed by atoms with Crippen molar-refractivity contribution in [3.8, 4) is 0 Å². The molecule has 0 heterocycles. The van der Waals surface area contributed by atoms with Gasteiger partial charge in [-0.2, -0.15) is 0 Å². The highest BCUT2D eigenvalue weighted by atomic mass is 16.4. The van der Waals surface area contributed by atoms with Crippen LogP contribution in [0.25, 0.3) is 0 Å². The van der Waals surface area contributed by atoms with Gasteiger partial charge in [-0.15, -0.1) is 0 Å². The van der Waals surface area contributed by atoms with E-state index in [9.17, 15) is 10.3 Å². The lowest BCUT2D eigenvalue weighted by atomic mass is 9.83. The van der Waals surface area contributed by atoms with Crippen molar-refractivity contribution in [1.82, 2.24) is 0 Å². The fourth-order valence-electron chi connectivity index (χ4n) is 3.42. The molecule has 2 aliphatic carbocycles. The van der Waals surface area contributed by atoms with Gasteiger partial charge < -0.3 is 10.3 Å². The van der Waals surface area contributed by atoms with E-state index in [0.717, 1.165) is 36.8 Å². The zero-order valence-electron chi connectivity index (χ0n) is 9.76. The summed E-state index contributed by atoms with van der Waals surface area (Å²) in [7, 11) is 0. The monoisotopic (exact) mass is 231 g/mol. The summed E-state index contributed by atoms with van der Waals surface area (Å²) in [5, 5.41) is 23.5. The van der Waals surface area contributed by atoms with Gasteiger partial charge in [0.25, 0.3) is 0 Å². The predicted molar refractivity (Wildman–Crippen MR) is 65.5 cm³/mol. The number of fused-ring (bicyclic) bond motifs is 3. The first-order valence-corrected chi connectivity index (χ1v) is 6.31. The molecule has 2 atom stereocenters. The molecule has 0 aliphatic heterocycles. The van der Waals surface area contributed by atoms with E-state index in [1.807, 2.05) is 18.2 Å². The van der Waals surface area contributed by atoms with E-state index in [1.54, 1.807) is 0 Å². The lowest BCUT2D eigenvalue weighted by Crippen LogP contribution is -2.39. The highest BCUT2D eigenvalue weighted by Crippen LogP contribution is 2.48. The Hall–Kier alpha value is -1.35. The number of aliphatic hydroxyl groups is 1. The molecule has 3 nitrogen and oxygen atoms in total. The molecule has 1 fully saturated rings. The molecule has 2 N–H and O–H groups in total. The Morgan fingerprint density at radius 1 is 1.18 bits per heavy atom. The van der Waals surface area contributed by atoms with Gasteiger partial charge in [-0.05, 0) is 18.4 Å². The van der Waals surface area contributed by atoms with Crippen molar-refractivity contribution in [1.29, 1.82) is 0 Å². The topological polar surface area (TPSA) is 52.8 Å². The van der Waals surface area contributed by atoms with Crippen LogP contribution in [0.1, 0.15) is 49.1 Å². The molecule has 0 radical (unpaired) electrons. The number of hydrogen-bond donors (Lipinski definition) is 2. The fourth-order valence-corrected chi connectivity index (χ4v) is 3.42. The largest absolute Gasteiger partial charge is 0.411 e. The number of hydrogen-bond acceptors (Lipinski definition) is 3. The minimum atomic E-state index is -0.949. The number of benzene rings is 1. The molecule has 90 valence electrons. The van der Waals surface area contributed by atoms with Crippen molar-refractivity contribution in [3.05, 3.63) is 35.4 Å². The van der Waals surface area contributed by atoms with Crippen LogP contribution in [0.3, 0.4) is 0 Å². The number of oxime groups is 1. The van der Waals surface area contributed by atoms with Gasteiger partial charge in [-0.1, -0.05) is 48.7 Å². The van der Waals surface area contributed by atoms with Gasteiger partial charge in [0.05, 0.1) is 0 Å². The highest BCUT2D eigenvalue weighted by molar-refractivity contribution is 6.11. The van der Waals surface area contributed by atoms with Crippen LogP contribution in [0.15, 0.2) is 29.4 Å².